The van der Waals surface area contributed by atoms with Crippen molar-refractivity contribution in [1.82, 2.24) is 14.9 Å². The number of hydrogen-bond donors (Lipinski definition) is 1. The summed E-state index contributed by atoms with van der Waals surface area (Å²) in [6.45, 7) is 5.66. The van der Waals surface area contributed by atoms with Gasteiger partial charge in [0.1, 0.15) is 5.82 Å². The van der Waals surface area contributed by atoms with Gasteiger partial charge in [-0.15, -0.1) is 0 Å². The van der Waals surface area contributed by atoms with Crippen LogP contribution >= 0.6 is 0 Å². The van der Waals surface area contributed by atoms with E-state index >= 15 is 0 Å². The molecular weight excluding hydrogens is 266 g/mol. The Balaban J connectivity index is 1.77. The molecule has 3 unspecified atom stereocenters. The van der Waals surface area contributed by atoms with E-state index in [2.05, 4.69) is 28.8 Å². The highest BCUT2D eigenvalue weighted by atomic mass is 16.6. The third kappa shape index (κ3) is 3.15. The normalized spacial score (nSPS) is 30.9. The van der Waals surface area contributed by atoms with Gasteiger partial charge >= 0.3 is 0 Å². The standard InChI is InChI=1S/C16H27N3O2/c1-3-6-17-14(15-18-7-8-19(15)2)13-4-9-21-16(11-13)5-10-20-12-16/h7-8,13-14,17H,3-6,9-12H2,1-2H3. The summed E-state index contributed by atoms with van der Waals surface area (Å²) in [5, 5.41) is 3.71. The zero-order valence-electron chi connectivity index (χ0n) is 13.2. The molecule has 0 radical (unpaired) electrons. The van der Waals surface area contributed by atoms with E-state index in [0.29, 0.717) is 12.0 Å². The maximum absolute atomic E-state index is 6.08. The summed E-state index contributed by atoms with van der Waals surface area (Å²) in [7, 11) is 2.08. The lowest BCUT2D eigenvalue weighted by Crippen LogP contribution is -2.44. The van der Waals surface area contributed by atoms with Crippen molar-refractivity contribution < 1.29 is 9.47 Å². The summed E-state index contributed by atoms with van der Waals surface area (Å²) in [4.78, 5) is 4.59. The van der Waals surface area contributed by atoms with Crippen LogP contribution in [0.15, 0.2) is 12.4 Å². The zero-order chi connectivity index (χ0) is 14.7. The van der Waals surface area contributed by atoms with E-state index in [9.17, 15) is 0 Å². The van der Waals surface area contributed by atoms with Crippen molar-refractivity contribution in [3.8, 4) is 0 Å². The predicted molar refractivity (Wildman–Crippen MR) is 81.1 cm³/mol. The van der Waals surface area contributed by atoms with Gasteiger partial charge < -0.3 is 19.4 Å². The van der Waals surface area contributed by atoms with Crippen LogP contribution in [-0.2, 0) is 16.5 Å². The molecule has 2 fully saturated rings. The first-order valence-corrected chi connectivity index (χ1v) is 8.16. The van der Waals surface area contributed by atoms with Gasteiger partial charge in [-0.2, -0.15) is 0 Å². The minimum atomic E-state index is -0.0414. The van der Waals surface area contributed by atoms with Crippen LogP contribution in [0.3, 0.4) is 0 Å². The minimum Gasteiger partial charge on any atom is -0.378 e. The monoisotopic (exact) mass is 293 g/mol. The Hall–Kier alpha value is -0.910. The Bertz CT molecular complexity index is 454. The molecule has 0 bridgehead atoms. The number of nitrogens with one attached hydrogen (secondary N) is 1. The molecular formula is C16H27N3O2. The molecule has 21 heavy (non-hydrogen) atoms. The molecule has 3 heterocycles. The van der Waals surface area contributed by atoms with Crippen LogP contribution < -0.4 is 5.32 Å². The maximum atomic E-state index is 6.08. The van der Waals surface area contributed by atoms with Gasteiger partial charge in [0.15, 0.2) is 0 Å². The van der Waals surface area contributed by atoms with E-state index in [0.717, 1.165) is 57.9 Å². The fourth-order valence-electron chi connectivity index (χ4n) is 3.66. The Morgan fingerprint density at radius 1 is 1.52 bits per heavy atom. The highest BCUT2D eigenvalue weighted by Gasteiger charge is 2.43. The summed E-state index contributed by atoms with van der Waals surface area (Å²) in [6, 6.07) is 0.311. The molecule has 1 aromatic rings. The Kier molecular flexibility index (Phi) is 4.62. The molecule has 0 amide bonds. The van der Waals surface area contributed by atoms with Gasteiger partial charge in [-0.3, -0.25) is 0 Å². The van der Waals surface area contributed by atoms with Gasteiger partial charge in [-0.05, 0) is 31.7 Å². The van der Waals surface area contributed by atoms with E-state index in [4.69, 9.17) is 9.47 Å². The molecule has 2 aliphatic rings. The lowest BCUT2D eigenvalue weighted by molar-refractivity contribution is -0.103. The second-order valence-corrected chi connectivity index (χ2v) is 6.42. The first-order valence-electron chi connectivity index (χ1n) is 8.16. The highest BCUT2D eigenvalue weighted by molar-refractivity contribution is 5.04. The smallest absolute Gasteiger partial charge is 0.125 e. The van der Waals surface area contributed by atoms with E-state index in [-0.39, 0.29) is 5.60 Å². The van der Waals surface area contributed by atoms with E-state index in [1.807, 2.05) is 12.4 Å². The quantitative estimate of drug-likeness (QED) is 0.902. The van der Waals surface area contributed by atoms with Crippen molar-refractivity contribution in [1.29, 1.82) is 0 Å². The molecule has 0 aliphatic carbocycles. The van der Waals surface area contributed by atoms with Crippen molar-refractivity contribution in [2.24, 2.45) is 13.0 Å². The summed E-state index contributed by atoms with van der Waals surface area (Å²) < 4.78 is 13.8. The SMILES string of the molecule is CCCNC(c1nccn1C)C1CCOC2(CCOC2)C1. The molecule has 3 atom stereocenters. The summed E-state index contributed by atoms with van der Waals surface area (Å²) >= 11 is 0. The first-order chi connectivity index (χ1) is 10.2. The third-order valence-corrected chi connectivity index (χ3v) is 4.82. The number of aryl methyl sites for hydroxylation is 1. The first kappa shape index (κ1) is 15.0. The van der Waals surface area contributed by atoms with E-state index < -0.39 is 0 Å². The van der Waals surface area contributed by atoms with Crippen LogP contribution in [0.1, 0.15) is 44.5 Å². The average molecular weight is 293 g/mol. The molecule has 0 aromatic carbocycles. The molecule has 118 valence electrons. The van der Waals surface area contributed by atoms with Crippen LogP contribution in [0.25, 0.3) is 0 Å². The maximum Gasteiger partial charge on any atom is 0.125 e. The van der Waals surface area contributed by atoms with Crippen LogP contribution in [0.5, 0.6) is 0 Å². The highest BCUT2D eigenvalue weighted by Crippen LogP contribution is 2.40. The fraction of sp³-hybridized carbons (Fsp3) is 0.812. The lowest BCUT2D eigenvalue weighted by atomic mass is 9.80. The lowest BCUT2D eigenvalue weighted by Gasteiger charge is -2.40. The van der Waals surface area contributed by atoms with Crippen LogP contribution in [-0.4, -0.2) is 41.5 Å². The second kappa shape index (κ2) is 6.46. The number of aromatic nitrogens is 2. The van der Waals surface area contributed by atoms with Gasteiger partial charge in [-0.25, -0.2) is 4.98 Å². The van der Waals surface area contributed by atoms with Gasteiger partial charge in [-0.1, -0.05) is 6.92 Å². The van der Waals surface area contributed by atoms with Crippen LogP contribution in [0.2, 0.25) is 0 Å². The Morgan fingerprint density at radius 2 is 2.43 bits per heavy atom. The van der Waals surface area contributed by atoms with E-state index in [1.54, 1.807) is 0 Å². The van der Waals surface area contributed by atoms with Crippen molar-refractivity contribution in [2.45, 2.75) is 44.2 Å². The summed E-state index contributed by atoms with van der Waals surface area (Å²) in [6.07, 6.45) is 8.26. The van der Waals surface area contributed by atoms with Crippen LogP contribution in [0, 0.1) is 5.92 Å². The molecule has 1 spiro atoms. The predicted octanol–water partition coefficient (Wildman–Crippen LogP) is 2.05. The van der Waals surface area contributed by atoms with Crippen molar-refractivity contribution in [3.63, 3.8) is 0 Å². The molecule has 0 saturated carbocycles. The second-order valence-electron chi connectivity index (χ2n) is 6.42. The van der Waals surface area contributed by atoms with E-state index in [1.165, 1.54) is 0 Å². The topological polar surface area (TPSA) is 48.3 Å². The number of nitrogens with zero attached hydrogens (tertiary/aromatic N) is 2. The summed E-state index contributed by atoms with van der Waals surface area (Å²) in [5.41, 5.74) is -0.0414. The third-order valence-electron chi connectivity index (χ3n) is 4.82. The Morgan fingerprint density at radius 3 is 3.10 bits per heavy atom. The molecule has 1 aromatic heterocycles. The zero-order valence-corrected chi connectivity index (χ0v) is 13.2. The van der Waals surface area contributed by atoms with Gasteiger partial charge in [0.25, 0.3) is 0 Å². The molecule has 5 nitrogen and oxygen atoms in total. The minimum absolute atomic E-state index is 0.0414. The number of ether oxygens (including phenoxy) is 2. The number of rotatable bonds is 5. The molecule has 5 heteroatoms. The number of imidazole rings is 1. The van der Waals surface area contributed by atoms with Gasteiger partial charge in [0.2, 0.25) is 0 Å². The molecule has 1 N–H and O–H groups in total. The molecule has 3 rings (SSSR count). The van der Waals surface area contributed by atoms with Gasteiger partial charge in [0.05, 0.1) is 18.2 Å². The largest absolute Gasteiger partial charge is 0.378 e. The van der Waals surface area contributed by atoms with Crippen molar-refractivity contribution >= 4 is 0 Å². The molecule has 2 aliphatic heterocycles. The molecule has 2 saturated heterocycles. The van der Waals surface area contributed by atoms with Crippen LogP contribution in [0.4, 0.5) is 0 Å². The number of hydrogen-bond acceptors (Lipinski definition) is 4. The van der Waals surface area contributed by atoms with Crippen molar-refractivity contribution in [2.75, 3.05) is 26.4 Å². The summed E-state index contributed by atoms with van der Waals surface area (Å²) in [5.74, 6) is 1.71. The average Bonchev–Trinajstić information content (AvgIpc) is 3.10. The Labute approximate surface area is 127 Å². The fourth-order valence-corrected chi connectivity index (χ4v) is 3.66. The van der Waals surface area contributed by atoms with Gasteiger partial charge in [0, 0.05) is 39.1 Å². The van der Waals surface area contributed by atoms with Crippen molar-refractivity contribution in [3.05, 3.63) is 18.2 Å².